The van der Waals surface area contributed by atoms with Gasteiger partial charge in [-0.15, -0.1) is 0 Å². The fourth-order valence-corrected chi connectivity index (χ4v) is 11.0. The van der Waals surface area contributed by atoms with Crippen LogP contribution in [0.4, 0.5) is 0 Å². The molecule has 0 bridgehead atoms. The highest BCUT2D eigenvalue weighted by Gasteiger charge is 2.35. The molecule has 0 radical (unpaired) electrons. The summed E-state index contributed by atoms with van der Waals surface area (Å²) in [5, 5.41) is 6.76. The lowest BCUT2D eigenvalue weighted by atomic mass is 9.82. The molecule has 0 aliphatic heterocycles. The molecule has 5 heteroatoms. The molecule has 1 aliphatic carbocycles. The predicted molar refractivity (Wildman–Crippen MR) is 272 cm³/mol. The second-order valence-corrected chi connectivity index (χ2v) is 18.2. The zero-order valence-electron chi connectivity index (χ0n) is 36.3. The Balaban J connectivity index is 0.919. The van der Waals surface area contributed by atoms with Crippen molar-refractivity contribution in [3.63, 3.8) is 0 Å². The maximum atomic E-state index is 6.70. The first-order valence-corrected chi connectivity index (χ1v) is 22.6. The summed E-state index contributed by atoms with van der Waals surface area (Å²) < 4.78 is 11.4. The number of benzene rings is 9. The van der Waals surface area contributed by atoms with Gasteiger partial charge in [0.15, 0.2) is 5.82 Å². The van der Waals surface area contributed by atoms with E-state index in [1.807, 2.05) is 6.07 Å². The second-order valence-electron chi connectivity index (χ2n) is 18.2. The van der Waals surface area contributed by atoms with Crippen molar-refractivity contribution in [2.75, 3.05) is 0 Å². The number of aromatic nitrogens is 4. The third kappa shape index (κ3) is 5.28. The van der Waals surface area contributed by atoms with Gasteiger partial charge in [0.05, 0.1) is 33.1 Å². The summed E-state index contributed by atoms with van der Waals surface area (Å²) in [5.41, 5.74) is 18.5. The van der Waals surface area contributed by atoms with Crippen LogP contribution in [0.2, 0.25) is 0 Å². The third-order valence-corrected chi connectivity index (χ3v) is 14.2. The van der Waals surface area contributed by atoms with Crippen LogP contribution < -0.4 is 0 Å². The van der Waals surface area contributed by atoms with Crippen molar-refractivity contribution < 1.29 is 4.42 Å². The molecular formula is C61H40N4O. The largest absolute Gasteiger partial charge is 0.438 e. The summed E-state index contributed by atoms with van der Waals surface area (Å²) >= 11 is 0. The molecule has 0 unspecified atom stereocenters. The average molecular weight is 845 g/mol. The molecule has 0 N–H and O–H groups in total. The van der Waals surface area contributed by atoms with E-state index in [2.05, 4.69) is 223 Å². The normalized spacial score (nSPS) is 13.1. The maximum Gasteiger partial charge on any atom is 0.231 e. The van der Waals surface area contributed by atoms with Crippen LogP contribution in [0.5, 0.6) is 0 Å². The molecule has 4 aromatic heterocycles. The average Bonchev–Trinajstić information content (AvgIpc) is 4.08. The van der Waals surface area contributed by atoms with Gasteiger partial charge in [-0.05, 0) is 106 Å². The number of hydrogen-bond acceptors (Lipinski definition) is 3. The monoisotopic (exact) mass is 844 g/mol. The van der Waals surface area contributed by atoms with E-state index in [4.69, 9.17) is 14.4 Å². The molecule has 0 amide bonds. The van der Waals surface area contributed by atoms with Crippen molar-refractivity contribution in [2.45, 2.75) is 19.3 Å². The Bertz CT molecular complexity index is 4130. The number of fused-ring (bicyclic) bond motifs is 12. The van der Waals surface area contributed by atoms with E-state index in [9.17, 15) is 0 Å². The molecule has 0 spiro atoms. The predicted octanol–water partition coefficient (Wildman–Crippen LogP) is 15.9. The second kappa shape index (κ2) is 13.7. The topological polar surface area (TPSA) is 48.8 Å². The van der Waals surface area contributed by atoms with Gasteiger partial charge in [-0.25, -0.2) is 4.98 Å². The molecule has 0 fully saturated rings. The van der Waals surface area contributed by atoms with Gasteiger partial charge >= 0.3 is 0 Å². The lowest BCUT2D eigenvalue weighted by Crippen LogP contribution is -2.15. The Morgan fingerprint density at radius 1 is 0.394 bits per heavy atom. The molecule has 0 saturated carbocycles. The minimum absolute atomic E-state index is 0.141. The molecule has 14 rings (SSSR count). The van der Waals surface area contributed by atoms with Gasteiger partial charge in [0, 0.05) is 54.8 Å². The Morgan fingerprint density at radius 3 is 1.68 bits per heavy atom. The van der Waals surface area contributed by atoms with E-state index in [1.165, 1.54) is 66.0 Å². The van der Waals surface area contributed by atoms with Gasteiger partial charge in [-0.1, -0.05) is 147 Å². The first-order chi connectivity index (χ1) is 32.5. The van der Waals surface area contributed by atoms with Gasteiger partial charge in [0.1, 0.15) is 5.58 Å². The van der Waals surface area contributed by atoms with Gasteiger partial charge in [-0.3, -0.25) is 0 Å². The number of furan rings is 1. The Morgan fingerprint density at radius 2 is 0.970 bits per heavy atom. The quantitative estimate of drug-likeness (QED) is 0.173. The summed E-state index contributed by atoms with van der Waals surface area (Å²) in [6.07, 6.45) is 0. The minimum Gasteiger partial charge on any atom is -0.438 e. The molecule has 13 aromatic rings. The number of rotatable bonds is 5. The number of nitrogens with zero attached hydrogens (tertiary/aromatic N) is 4. The fraction of sp³-hybridized carbons (Fsp3) is 0.0492. The van der Waals surface area contributed by atoms with E-state index in [0.717, 1.165) is 55.6 Å². The standard InChI is InChI=1S/C61H40N4O/c1-61(2)50-22-12-9-19-43(50)44-29-25-40(35-51(44)61)59-62-58(37-15-5-3-6-16-37)57-49-36-42(28-32-56(49)66-60(57)63-59)65-53-24-14-11-21-46(53)48-34-39(27-31-55(48)65)38-26-30-54-47(33-38)45-20-10-13-23-52(45)64(54)41-17-7-4-8-18-41/h3-36H,1-2H3. The van der Waals surface area contributed by atoms with Crippen LogP contribution >= 0.6 is 0 Å². The molecule has 66 heavy (non-hydrogen) atoms. The van der Waals surface area contributed by atoms with Crippen molar-refractivity contribution in [3.8, 4) is 56.3 Å². The van der Waals surface area contributed by atoms with Gasteiger partial charge in [-0.2, -0.15) is 4.98 Å². The molecule has 5 nitrogen and oxygen atoms in total. The van der Waals surface area contributed by atoms with Gasteiger partial charge in [0.2, 0.25) is 5.71 Å². The molecule has 9 aromatic carbocycles. The Hall–Kier alpha value is -8.54. The van der Waals surface area contributed by atoms with E-state index in [-0.39, 0.29) is 5.41 Å². The highest BCUT2D eigenvalue weighted by molar-refractivity contribution is 6.14. The molecule has 4 heterocycles. The van der Waals surface area contributed by atoms with Gasteiger partial charge in [0.25, 0.3) is 0 Å². The maximum absolute atomic E-state index is 6.70. The first kappa shape index (κ1) is 36.9. The van der Waals surface area contributed by atoms with Gasteiger partial charge < -0.3 is 13.6 Å². The molecule has 1 aliphatic rings. The van der Waals surface area contributed by atoms with Crippen molar-refractivity contribution in [1.82, 2.24) is 19.1 Å². The summed E-state index contributed by atoms with van der Waals surface area (Å²) in [4.78, 5) is 10.6. The van der Waals surface area contributed by atoms with Crippen molar-refractivity contribution >= 4 is 65.7 Å². The van der Waals surface area contributed by atoms with Crippen LogP contribution in [0.15, 0.2) is 211 Å². The zero-order valence-corrected chi connectivity index (χ0v) is 36.3. The highest BCUT2D eigenvalue weighted by atomic mass is 16.3. The minimum atomic E-state index is -0.141. The fourth-order valence-electron chi connectivity index (χ4n) is 11.0. The highest BCUT2D eigenvalue weighted by Crippen LogP contribution is 2.50. The third-order valence-electron chi connectivity index (χ3n) is 14.2. The van der Waals surface area contributed by atoms with E-state index in [0.29, 0.717) is 11.5 Å². The summed E-state index contributed by atoms with van der Waals surface area (Å²) in [7, 11) is 0. The zero-order chi connectivity index (χ0) is 43.7. The lowest BCUT2D eigenvalue weighted by Gasteiger charge is -2.21. The molecular weight excluding hydrogens is 805 g/mol. The molecule has 0 atom stereocenters. The van der Waals surface area contributed by atoms with Crippen LogP contribution in [0, 0.1) is 0 Å². The van der Waals surface area contributed by atoms with Crippen LogP contribution in [0.3, 0.4) is 0 Å². The van der Waals surface area contributed by atoms with Crippen LogP contribution in [-0.4, -0.2) is 19.1 Å². The van der Waals surface area contributed by atoms with E-state index >= 15 is 0 Å². The van der Waals surface area contributed by atoms with Crippen LogP contribution in [-0.2, 0) is 5.41 Å². The number of para-hydroxylation sites is 3. The molecule has 310 valence electrons. The van der Waals surface area contributed by atoms with Crippen LogP contribution in [0.25, 0.3) is 122 Å². The number of hydrogen-bond donors (Lipinski definition) is 0. The first-order valence-electron chi connectivity index (χ1n) is 22.6. The summed E-state index contributed by atoms with van der Waals surface area (Å²) in [6.45, 7) is 4.61. The lowest BCUT2D eigenvalue weighted by molar-refractivity contribution is 0.653. The van der Waals surface area contributed by atoms with Crippen LogP contribution in [0.1, 0.15) is 25.0 Å². The summed E-state index contributed by atoms with van der Waals surface area (Å²) in [6, 6.07) is 74.2. The van der Waals surface area contributed by atoms with E-state index < -0.39 is 0 Å². The van der Waals surface area contributed by atoms with Crippen molar-refractivity contribution in [3.05, 3.63) is 217 Å². The Kier molecular flexibility index (Phi) is 7.68. The van der Waals surface area contributed by atoms with Crippen molar-refractivity contribution in [2.24, 2.45) is 0 Å². The smallest absolute Gasteiger partial charge is 0.231 e. The molecule has 0 saturated heterocycles. The Labute approximate surface area is 380 Å². The van der Waals surface area contributed by atoms with Crippen molar-refractivity contribution in [1.29, 1.82) is 0 Å². The summed E-state index contributed by atoms with van der Waals surface area (Å²) in [5.74, 6) is 0.648. The van der Waals surface area contributed by atoms with E-state index in [1.54, 1.807) is 0 Å². The SMILES string of the molecule is CC1(C)c2ccccc2-c2ccc(-c3nc(-c4ccccc4)c4c(n3)oc3ccc(-n5c6ccccc6c6cc(-c7ccc8c(c7)c7ccccc7n8-c7ccccc7)ccc65)cc34)cc21.